The van der Waals surface area contributed by atoms with E-state index in [1.165, 1.54) is 23.3 Å². The van der Waals surface area contributed by atoms with Crippen LogP contribution in [0.25, 0.3) is 0 Å². The summed E-state index contributed by atoms with van der Waals surface area (Å²) < 4.78 is 0. The van der Waals surface area contributed by atoms with Gasteiger partial charge in [0.15, 0.2) is 0 Å². The average molecular weight is 179 g/mol. The molecule has 64 valence electrons. The van der Waals surface area contributed by atoms with Gasteiger partial charge in [-0.15, -0.1) is 0 Å². The van der Waals surface area contributed by atoms with Gasteiger partial charge in [0.25, 0.3) is 0 Å². The quantitative estimate of drug-likeness (QED) is 0.713. The smallest absolute Gasteiger partial charge is 0.0422 e. The van der Waals surface area contributed by atoms with Crippen molar-refractivity contribution < 1.29 is 0 Å². The van der Waals surface area contributed by atoms with Crippen LogP contribution in [0.2, 0.25) is 0 Å². The van der Waals surface area contributed by atoms with Crippen molar-refractivity contribution in [1.29, 1.82) is 0 Å². The third kappa shape index (κ3) is 1.37. The van der Waals surface area contributed by atoms with E-state index in [1.54, 1.807) is 0 Å². The summed E-state index contributed by atoms with van der Waals surface area (Å²) in [7, 11) is 0. The molecule has 2 N–H and O–H groups in total. The number of hydrogen-bond donors (Lipinski definition) is 1. The first kappa shape index (κ1) is 8.14. The van der Waals surface area contributed by atoms with Gasteiger partial charge in [0.05, 0.1) is 0 Å². The minimum Gasteiger partial charge on any atom is -0.329 e. The van der Waals surface area contributed by atoms with E-state index in [4.69, 9.17) is 5.73 Å². The second-order valence-corrected chi connectivity index (χ2v) is 4.35. The second kappa shape index (κ2) is 3.50. The van der Waals surface area contributed by atoms with Gasteiger partial charge in [-0.3, -0.25) is 0 Å². The van der Waals surface area contributed by atoms with Crippen LogP contribution in [0.4, 0.5) is 0 Å². The number of hydrogen-bond acceptors (Lipinski definition) is 2. The maximum atomic E-state index is 5.70. The number of aryl methyl sites for hydroxylation is 1. The van der Waals surface area contributed by atoms with Crippen LogP contribution in [0.5, 0.6) is 0 Å². The molecule has 2 rings (SSSR count). The van der Waals surface area contributed by atoms with E-state index >= 15 is 0 Å². The molecule has 2 heteroatoms. The van der Waals surface area contributed by atoms with Crippen molar-refractivity contribution in [2.45, 2.75) is 11.7 Å². The first-order valence-corrected chi connectivity index (χ1v) is 5.36. The molecule has 0 amide bonds. The van der Waals surface area contributed by atoms with Crippen LogP contribution in [0.3, 0.4) is 0 Å². The van der Waals surface area contributed by atoms with Crippen LogP contribution in [-0.4, -0.2) is 12.3 Å². The first-order valence-electron chi connectivity index (χ1n) is 4.31. The summed E-state index contributed by atoms with van der Waals surface area (Å²) in [6.45, 7) is 0.766. The first-order chi connectivity index (χ1) is 5.92. The Kier molecular flexibility index (Phi) is 2.38. The van der Waals surface area contributed by atoms with Crippen LogP contribution in [0.1, 0.15) is 16.4 Å². The van der Waals surface area contributed by atoms with Crippen molar-refractivity contribution in [3.05, 3.63) is 35.4 Å². The molecule has 1 aliphatic rings. The molecule has 1 heterocycles. The van der Waals surface area contributed by atoms with Gasteiger partial charge in [-0.2, -0.15) is 11.8 Å². The molecule has 12 heavy (non-hydrogen) atoms. The molecule has 0 saturated heterocycles. The zero-order valence-electron chi connectivity index (χ0n) is 6.99. The molecule has 0 saturated carbocycles. The van der Waals surface area contributed by atoms with E-state index in [0.717, 1.165) is 6.54 Å². The Morgan fingerprint density at radius 1 is 1.42 bits per heavy atom. The fraction of sp³-hybridized carbons (Fsp3) is 0.400. The van der Waals surface area contributed by atoms with Gasteiger partial charge in [-0.25, -0.2) is 0 Å². The number of rotatable bonds is 1. The minimum absolute atomic E-state index is 0.537. The average Bonchev–Trinajstić information content (AvgIpc) is 2.17. The van der Waals surface area contributed by atoms with Crippen molar-refractivity contribution in [1.82, 2.24) is 0 Å². The molecular formula is C10H13NS. The standard InChI is InChI=1S/C10H13NS/c11-7-10-9-4-2-1-3-8(9)5-6-12-10/h1-4,10H,5-7,11H2. The van der Waals surface area contributed by atoms with E-state index in [2.05, 4.69) is 24.3 Å². The van der Waals surface area contributed by atoms with Crippen LogP contribution in [0, 0.1) is 0 Å². The lowest BCUT2D eigenvalue weighted by Gasteiger charge is -2.23. The molecule has 0 aliphatic carbocycles. The summed E-state index contributed by atoms with van der Waals surface area (Å²) in [5.41, 5.74) is 8.64. The molecule has 1 atom stereocenters. The second-order valence-electron chi connectivity index (χ2n) is 3.04. The summed E-state index contributed by atoms with van der Waals surface area (Å²) in [6.07, 6.45) is 1.21. The highest BCUT2D eigenvalue weighted by Crippen LogP contribution is 2.35. The predicted octanol–water partition coefficient (Wildman–Crippen LogP) is 1.98. The van der Waals surface area contributed by atoms with Crippen molar-refractivity contribution in [2.75, 3.05) is 12.3 Å². The molecule has 0 aromatic heterocycles. The maximum absolute atomic E-state index is 5.70. The van der Waals surface area contributed by atoms with Crippen molar-refractivity contribution in [2.24, 2.45) is 5.73 Å². The predicted molar refractivity (Wildman–Crippen MR) is 54.4 cm³/mol. The maximum Gasteiger partial charge on any atom is 0.0422 e. The van der Waals surface area contributed by atoms with Gasteiger partial charge >= 0.3 is 0 Å². The summed E-state index contributed by atoms with van der Waals surface area (Å²) in [6, 6.07) is 8.65. The Hall–Kier alpha value is -0.470. The highest BCUT2D eigenvalue weighted by Gasteiger charge is 2.17. The van der Waals surface area contributed by atoms with Crippen LogP contribution in [-0.2, 0) is 6.42 Å². The fourth-order valence-electron chi connectivity index (χ4n) is 1.67. The molecule has 0 fully saturated rings. The van der Waals surface area contributed by atoms with Crippen LogP contribution < -0.4 is 5.73 Å². The summed E-state index contributed by atoms with van der Waals surface area (Å²) >= 11 is 1.98. The van der Waals surface area contributed by atoms with Gasteiger partial charge in [0.1, 0.15) is 0 Å². The highest BCUT2D eigenvalue weighted by atomic mass is 32.2. The molecule has 0 radical (unpaired) electrons. The van der Waals surface area contributed by atoms with E-state index in [1.807, 2.05) is 11.8 Å². The molecule has 1 aromatic rings. The Balaban J connectivity index is 2.37. The molecule has 1 aromatic carbocycles. The summed E-state index contributed by atoms with van der Waals surface area (Å²) in [4.78, 5) is 0. The fourth-order valence-corrected chi connectivity index (χ4v) is 2.84. The van der Waals surface area contributed by atoms with Crippen LogP contribution >= 0.6 is 11.8 Å². The minimum atomic E-state index is 0.537. The third-order valence-corrected chi connectivity index (χ3v) is 3.60. The van der Waals surface area contributed by atoms with E-state index in [9.17, 15) is 0 Å². The van der Waals surface area contributed by atoms with E-state index in [0.29, 0.717) is 5.25 Å². The lowest BCUT2D eigenvalue weighted by atomic mass is 10.0. The van der Waals surface area contributed by atoms with Crippen molar-refractivity contribution in [3.8, 4) is 0 Å². The van der Waals surface area contributed by atoms with Crippen molar-refractivity contribution >= 4 is 11.8 Å². The number of fused-ring (bicyclic) bond motifs is 1. The summed E-state index contributed by atoms with van der Waals surface area (Å²) in [5.74, 6) is 1.22. The lowest BCUT2D eigenvalue weighted by Crippen LogP contribution is -2.16. The van der Waals surface area contributed by atoms with Gasteiger partial charge in [0, 0.05) is 11.8 Å². The number of benzene rings is 1. The monoisotopic (exact) mass is 179 g/mol. The highest BCUT2D eigenvalue weighted by molar-refractivity contribution is 7.99. The molecule has 1 nitrogen and oxygen atoms in total. The molecule has 1 aliphatic heterocycles. The molecule has 0 bridgehead atoms. The van der Waals surface area contributed by atoms with Gasteiger partial charge in [-0.05, 0) is 23.3 Å². The van der Waals surface area contributed by atoms with Gasteiger partial charge < -0.3 is 5.73 Å². The number of thioether (sulfide) groups is 1. The molecule has 1 unspecified atom stereocenters. The SMILES string of the molecule is NCC1SCCc2ccccc21. The molecular weight excluding hydrogens is 166 g/mol. The van der Waals surface area contributed by atoms with E-state index in [-0.39, 0.29) is 0 Å². The number of nitrogens with two attached hydrogens (primary N) is 1. The Morgan fingerprint density at radius 2 is 2.25 bits per heavy atom. The molecule has 0 spiro atoms. The zero-order chi connectivity index (χ0) is 8.39. The van der Waals surface area contributed by atoms with Gasteiger partial charge in [-0.1, -0.05) is 24.3 Å². The van der Waals surface area contributed by atoms with Crippen LogP contribution in [0.15, 0.2) is 24.3 Å². The largest absolute Gasteiger partial charge is 0.329 e. The normalized spacial score (nSPS) is 21.9. The zero-order valence-corrected chi connectivity index (χ0v) is 7.81. The van der Waals surface area contributed by atoms with E-state index < -0.39 is 0 Å². The Morgan fingerprint density at radius 3 is 3.08 bits per heavy atom. The third-order valence-electron chi connectivity index (χ3n) is 2.31. The van der Waals surface area contributed by atoms with Gasteiger partial charge in [0.2, 0.25) is 0 Å². The summed E-state index contributed by atoms with van der Waals surface area (Å²) in [5, 5.41) is 0.537. The van der Waals surface area contributed by atoms with Crippen molar-refractivity contribution in [3.63, 3.8) is 0 Å². The topological polar surface area (TPSA) is 26.0 Å². The lowest BCUT2D eigenvalue weighted by molar-refractivity contribution is 0.895. The Bertz CT molecular complexity index is 272. The Labute approximate surface area is 77.3 Å².